The van der Waals surface area contributed by atoms with Crippen LogP contribution in [0, 0.1) is 5.82 Å². The molecule has 34 heavy (non-hydrogen) atoms. The number of anilines is 1. The van der Waals surface area contributed by atoms with Crippen LogP contribution >= 0.6 is 23.4 Å². The second-order valence-electron chi connectivity index (χ2n) is 7.45. The van der Waals surface area contributed by atoms with Gasteiger partial charge in [0.05, 0.1) is 0 Å². The van der Waals surface area contributed by atoms with Crippen molar-refractivity contribution in [3.63, 3.8) is 0 Å². The molecule has 7 nitrogen and oxygen atoms in total. The van der Waals surface area contributed by atoms with Crippen molar-refractivity contribution in [1.29, 1.82) is 0 Å². The monoisotopic (exact) mass is 501 g/mol. The number of halogens is 2. The van der Waals surface area contributed by atoms with Crippen molar-refractivity contribution >= 4 is 40.9 Å². The number of carbonyl (C=O) groups excluding carboxylic acids is 2. The Balaban J connectivity index is 1.45. The van der Waals surface area contributed by atoms with Crippen LogP contribution < -0.4 is 15.5 Å². The Morgan fingerprint density at radius 3 is 2.56 bits per heavy atom. The van der Waals surface area contributed by atoms with Gasteiger partial charge in [0.15, 0.2) is 6.61 Å². The molecule has 3 aromatic carbocycles. The van der Waals surface area contributed by atoms with Gasteiger partial charge in [0, 0.05) is 17.3 Å². The molecule has 10 heteroatoms. The lowest BCUT2D eigenvalue weighted by atomic mass is 10.2. The molecule has 0 radical (unpaired) electrons. The number of amides is 2. The minimum Gasteiger partial charge on any atom is -0.508 e. The lowest BCUT2D eigenvalue weighted by Gasteiger charge is -2.24. The first-order valence-corrected chi connectivity index (χ1v) is 11.7. The first kappa shape index (κ1) is 23.7. The molecular formula is C24H21ClFN3O4S. The van der Waals surface area contributed by atoms with E-state index in [9.17, 15) is 19.1 Å². The number of rotatable bonds is 8. The molecule has 0 spiro atoms. The van der Waals surface area contributed by atoms with Gasteiger partial charge in [-0.1, -0.05) is 23.7 Å². The van der Waals surface area contributed by atoms with Crippen molar-refractivity contribution in [1.82, 2.24) is 10.4 Å². The molecule has 3 N–H and O–H groups in total. The van der Waals surface area contributed by atoms with Gasteiger partial charge in [0.2, 0.25) is 0 Å². The second-order valence-corrected chi connectivity index (χ2v) is 9.17. The number of hydrogen-bond donors (Lipinski definition) is 3. The number of nitrogens with zero attached hydrogens (tertiary/aromatic N) is 1. The minimum atomic E-state index is -0.556. The Bertz CT molecular complexity index is 1160. The van der Waals surface area contributed by atoms with Gasteiger partial charge in [0.25, 0.3) is 11.8 Å². The Hall–Kier alpha value is -3.43. The van der Waals surface area contributed by atoms with E-state index in [0.29, 0.717) is 22.0 Å². The highest BCUT2D eigenvalue weighted by Gasteiger charge is 2.42. The average molecular weight is 502 g/mol. The number of hydrazine groups is 1. The fourth-order valence-electron chi connectivity index (χ4n) is 3.33. The summed E-state index contributed by atoms with van der Waals surface area (Å²) in [5, 5.41) is 13.7. The largest absolute Gasteiger partial charge is 0.508 e. The van der Waals surface area contributed by atoms with Gasteiger partial charge >= 0.3 is 0 Å². The third-order valence-corrected chi connectivity index (χ3v) is 6.65. The van der Waals surface area contributed by atoms with E-state index in [-0.39, 0.29) is 30.6 Å². The van der Waals surface area contributed by atoms with E-state index < -0.39 is 16.5 Å². The topological polar surface area (TPSA) is 90.9 Å². The van der Waals surface area contributed by atoms with Gasteiger partial charge in [-0.15, -0.1) is 11.8 Å². The molecule has 0 saturated carbocycles. The molecule has 1 saturated heterocycles. The zero-order chi connectivity index (χ0) is 24.1. The van der Waals surface area contributed by atoms with Crippen molar-refractivity contribution in [2.45, 2.75) is 10.6 Å². The number of nitrogens with one attached hydrogen (secondary N) is 2. The summed E-state index contributed by atoms with van der Waals surface area (Å²) in [5.41, 5.74) is 3.95. The molecule has 4 rings (SSSR count). The van der Waals surface area contributed by atoms with Gasteiger partial charge in [0.1, 0.15) is 27.9 Å². The van der Waals surface area contributed by atoms with Crippen LogP contribution in [-0.2, 0) is 9.59 Å². The Morgan fingerprint density at radius 1 is 1.12 bits per heavy atom. The first-order chi connectivity index (χ1) is 16.4. The lowest BCUT2D eigenvalue weighted by molar-refractivity contribution is -0.141. The molecule has 1 fully saturated rings. The maximum atomic E-state index is 13.2. The van der Waals surface area contributed by atoms with Crippen LogP contribution in [0.3, 0.4) is 0 Å². The molecule has 1 aliphatic heterocycles. The van der Waals surface area contributed by atoms with Crippen LogP contribution in [0.25, 0.3) is 0 Å². The highest BCUT2D eigenvalue weighted by Crippen LogP contribution is 2.42. The summed E-state index contributed by atoms with van der Waals surface area (Å²) < 4.78 is 18.6. The summed E-state index contributed by atoms with van der Waals surface area (Å²) in [6, 6.07) is 18.9. The van der Waals surface area contributed by atoms with E-state index in [0.717, 1.165) is 0 Å². The third kappa shape index (κ3) is 5.92. The molecule has 2 amide bonds. The predicted molar refractivity (Wildman–Crippen MR) is 129 cm³/mol. The van der Waals surface area contributed by atoms with Gasteiger partial charge in [-0.2, -0.15) is 0 Å². The number of phenols is 1. The maximum Gasteiger partial charge on any atom is 0.276 e. The van der Waals surface area contributed by atoms with Crippen LogP contribution in [0.1, 0.15) is 10.9 Å². The quantitative estimate of drug-likeness (QED) is 0.425. The van der Waals surface area contributed by atoms with Crippen molar-refractivity contribution in [3.05, 3.63) is 89.2 Å². The summed E-state index contributed by atoms with van der Waals surface area (Å²) in [6.45, 7) is -0.0422. The number of phenolic OH excluding ortho intramolecular Hbond substituents is 1. The highest BCUT2D eigenvalue weighted by molar-refractivity contribution is 8.01. The van der Waals surface area contributed by atoms with Gasteiger partial charge in [-0.05, 0) is 66.2 Å². The molecule has 2 unspecified atom stereocenters. The van der Waals surface area contributed by atoms with E-state index in [2.05, 4.69) is 10.7 Å². The summed E-state index contributed by atoms with van der Waals surface area (Å²) in [6.07, 6.45) is 0. The predicted octanol–water partition coefficient (Wildman–Crippen LogP) is 4.35. The highest BCUT2D eigenvalue weighted by atomic mass is 35.5. The Labute approximate surface area is 204 Å². The number of thioether (sulfide) groups is 1. The number of benzene rings is 3. The lowest BCUT2D eigenvalue weighted by Crippen LogP contribution is -2.48. The van der Waals surface area contributed by atoms with Crippen LogP contribution in [0.4, 0.5) is 10.1 Å². The summed E-state index contributed by atoms with van der Waals surface area (Å²) in [7, 11) is 0. The standard InChI is InChI=1S/C24H21ClFN3O4S/c25-16-4-10-20(11-5-16)33-14-22(31)28-29-23(32)21(13-27-18-8-6-17(26)7-9-18)34-24(29)15-2-1-3-19(30)12-15/h1-12,21,24,27,30H,13-14H2,(H,28,31). The second kappa shape index (κ2) is 10.7. The molecule has 1 aliphatic rings. The SMILES string of the molecule is O=C(COc1ccc(Cl)cc1)NN1C(=O)C(CNc2ccc(F)cc2)SC1c1cccc(O)c1. The normalized spacial score (nSPS) is 17.5. The number of carbonyl (C=O) groups is 2. The fourth-order valence-corrected chi connectivity index (χ4v) is 4.75. The maximum absolute atomic E-state index is 13.2. The van der Waals surface area contributed by atoms with Crippen LogP contribution in [0.2, 0.25) is 5.02 Å². The zero-order valence-corrected chi connectivity index (χ0v) is 19.4. The molecule has 0 bridgehead atoms. The number of hydrogen-bond acceptors (Lipinski definition) is 6. The Morgan fingerprint density at radius 2 is 1.85 bits per heavy atom. The summed E-state index contributed by atoms with van der Waals surface area (Å²) in [4.78, 5) is 25.7. The zero-order valence-electron chi connectivity index (χ0n) is 17.8. The van der Waals surface area contributed by atoms with Crippen LogP contribution in [0.5, 0.6) is 11.5 Å². The minimum absolute atomic E-state index is 0.0517. The van der Waals surface area contributed by atoms with Crippen molar-refractivity contribution in [2.24, 2.45) is 0 Å². The Kier molecular flexibility index (Phi) is 7.44. The van der Waals surface area contributed by atoms with Crippen molar-refractivity contribution in [3.8, 4) is 11.5 Å². The van der Waals surface area contributed by atoms with E-state index >= 15 is 0 Å². The number of ether oxygens (including phenoxy) is 1. The molecule has 0 aromatic heterocycles. The van der Waals surface area contributed by atoms with Crippen LogP contribution in [-0.4, -0.2) is 40.3 Å². The van der Waals surface area contributed by atoms with E-state index in [4.69, 9.17) is 16.3 Å². The molecule has 0 aliphatic carbocycles. The molecular weight excluding hydrogens is 481 g/mol. The molecule has 1 heterocycles. The molecule has 176 valence electrons. The number of aromatic hydroxyl groups is 1. The van der Waals surface area contributed by atoms with Crippen molar-refractivity contribution < 1.29 is 23.8 Å². The van der Waals surface area contributed by atoms with E-state index in [1.165, 1.54) is 35.0 Å². The first-order valence-electron chi connectivity index (χ1n) is 10.3. The average Bonchev–Trinajstić information content (AvgIpc) is 3.13. The summed E-state index contributed by atoms with van der Waals surface area (Å²) in [5.74, 6) is -0.659. The van der Waals surface area contributed by atoms with Gasteiger partial charge in [-0.25, -0.2) is 9.40 Å². The van der Waals surface area contributed by atoms with Gasteiger partial charge < -0.3 is 15.2 Å². The van der Waals surface area contributed by atoms with Crippen LogP contribution in [0.15, 0.2) is 72.8 Å². The fraction of sp³-hybridized carbons (Fsp3) is 0.167. The van der Waals surface area contributed by atoms with Gasteiger partial charge in [-0.3, -0.25) is 15.0 Å². The van der Waals surface area contributed by atoms with Crippen molar-refractivity contribution in [2.75, 3.05) is 18.5 Å². The summed E-state index contributed by atoms with van der Waals surface area (Å²) >= 11 is 7.18. The van der Waals surface area contributed by atoms with E-state index in [1.807, 2.05) is 0 Å². The smallest absolute Gasteiger partial charge is 0.276 e. The van der Waals surface area contributed by atoms with E-state index in [1.54, 1.807) is 54.6 Å². The molecule has 3 aromatic rings. The third-order valence-electron chi connectivity index (χ3n) is 4.96. The molecule has 2 atom stereocenters.